The second kappa shape index (κ2) is 9.02. The monoisotopic (exact) mass is 432 g/mol. The van der Waals surface area contributed by atoms with Crippen LogP contribution in [0.4, 0.5) is 5.13 Å². The number of furan rings is 1. The summed E-state index contributed by atoms with van der Waals surface area (Å²) in [6.07, 6.45) is 3.08. The molecule has 142 valence electrons. The quantitative estimate of drug-likeness (QED) is 0.403. The first kappa shape index (κ1) is 20.1. The predicted octanol–water partition coefficient (Wildman–Crippen LogP) is 5.60. The minimum Gasteiger partial charge on any atom is -0.457 e. The van der Waals surface area contributed by atoms with Crippen LogP contribution in [0.15, 0.2) is 40.3 Å². The molecule has 0 fully saturated rings. The van der Waals surface area contributed by atoms with E-state index < -0.39 is 5.91 Å². The third kappa shape index (κ3) is 4.98. The van der Waals surface area contributed by atoms with Gasteiger partial charge in [-0.1, -0.05) is 41.5 Å². The average molecular weight is 433 g/mol. The van der Waals surface area contributed by atoms with Crippen molar-refractivity contribution in [3.05, 3.63) is 56.7 Å². The number of nitriles is 1. The lowest BCUT2D eigenvalue weighted by molar-refractivity contribution is -0.112. The van der Waals surface area contributed by atoms with Gasteiger partial charge in [-0.25, -0.2) is 0 Å². The van der Waals surface area contributed by atoms with Gasteiger partial charge in [-0.2, -0.15) is 5.26 Å². The number of benzene rings is 1. The Morgan fingerprint density at radius 3 is 2.71 bits per heavy atom. The van der Waals surface area contributed by atoms with Crippen molar-refractivity contribution in [2.24, 2.45) is 0 Å². The molecule has 2 heterocycles. The van der Waals surface area contributed by atoms with Crippen LogP contribution in [0, 0.1) is 11.3 Å². The molecule has 6 nitrogen and oxygen atoms in total. The molecule has 0 saturated carbocycles. The van der Waals surface area contributed by atoms with Gasteiger partial charge in [-0.3, -0.25) is 10.1 Å². The van der Waals surface area contributed by atoms with E-state index in [1.165, 1.54) is 17.4 Å². The maximum absolute atomic E-state index is 12.3. The molecule has 1 aromatic carbocycles. The third-order valence-corrected chi connectivity index (χ3v) is 4.91. The summed E-state index contributed by atoms with van der Waals surface area (Å²) in [5.74, 6) is 0.286. The van der Waals surface area contributed by atoms with E-state index in [-0.39, 0.29) is 5.57 Å². The van der Waals surface area contributed by atoms with Crippen molar-refractivity contribution >= 4 is 51.7 Å². The zero-order valence-electron chi connectivity index (χ0n) is 14.7. The van der Waals surface area contributed by atoms with Crippen LogP contribution in [0.1, 0.15) is 24.1 Å². The highest BCUT2D eigenvalue weighted by atomic mass is 35.5. The minimum absolute atomic E-state index is 0.114. The van der Waals surface area contributed by atoms with Crippen molar-refractivity contribution in [3.63, 3.8) is 0 Å². The number of nitrogens with zero attached hydrogens (tertiary/aromatic N) is 3. The Balaban J connectivity index is 1.77. The Bertz CT molecular complexity index is 1060. The highest BCUT2D eigenvalue weighted by Gasteiger charge is 2.14. The van der Waals surface area contributed by atoms with Gasteiger partial charge in [0.1, 0.15) is 28.2 Å². The molecule has 0 bridgehead atoms. The summed E-state index contributed by atoms with van der Waals surface area (Å²) in [7, 11) is 0. The Morgan fingerprint density at radius 1 is 1.29 bits per heavy atom. The van der Waals surface area contributed by atoms with E-state index in [0.717, 1.165) is 17.8 Å². The maximum atomic E-state index is 12.3. The second-order valence-electron chi connectivity index (χ2n) is 5.74. The fraction of sp³-hybridized carbons (Fsp3) is 0.158. The SMILES string of the molecule is CCCc1nnc(NC(=O)/C(C#N)=C\c2ccc(-c3cc(Cl)cc(Cl)c3)o2)s1. The summed E-state index contributed by atoms with van der Waals surface area (Å²) in [6, 6.07) is 10.3. The first-order valence-corrected chi connectivity index (χ1v) is 9.87. The number of halogens is 2. The van der Waals surface area contributed by atoms with Gasteiger partial charge in [0.2, 0.25) is 5.13 Å². The molecular weight excluding hydrogens is 419 g/mol. The summed E-state index contributed by atoms with van der Waals surface area (Å²) >= 11 is 13.3. The van der Waals surface area contributed by atoms with Crippen LogP contribution in [0.25, 0.3) is 17.4 Å². The van der Waals surface area contributed by atoms with Crippen LogP contribution < -0.4 is 5.32 Å². The molecule has 0 atom stereocenters. The summed E-state index contributed by atoms with van der Waals surface area (Å²) in [5.41, 5.74) is 0.578. The lowest BCUT2D eigenvalue weighted by Crippen LogP contribution is -2.13. The highest BCUT2D eigenvalue weighted by molar-refractivity contribution is 7.15. The molecule has 1 amide bonds. The molecule has 0 spiro atoms. The maximum Gasteiger partial charge on any atom is 0.268 e. The molecule has 0 radical (unpaired) electrons. The zero-order chi connectivity index (χ0) is 20.1. The molecule has 3 rings (SSSR count). The van der Waals surface area contributed by atoms with Crippen molar-refractivity contribution in [2.45, 2.75) is 19.8 Å². The summed E-state index contributed by atoms with van der Waals surface area (Å²) < 4.78 is 5.70. The van der Waals surface area contributed by atoms with Crippen LogP contribution in [0.3, 0.4) is 0 Å². The number of hydrogen-bond acceptors (Lipinski definition) is 6. The number of carbonyl (C=O) groups is 1. The molecule has 0 unspecified atom stereocenters. The van der Waals surface area contributed by atoms with E-state index in [1.807, 2.05) is 13.0 Å². The lowest BCUT2D eigenvalue weighted by atomic mass is 10.2. The number of amides is 1. The van der Waals surface area contributed by atoms with Crippen molar-refractivity contribution < 1.29 is 9.21 Å². The van der Waals surface area contributed by atoms with E-state index in [1.54, 1.807) is 30.3 Å². The molecule has 0 saturated heterocycles. The fourth-order valence-corrected chi connectivity index (χ4v) is 3.72. The van der Waals surface area contributed by atoms with E-state index in [2.05, 4.69) is 15.5 Å². The predicted molar refractivity (Wildman–Crippen MR) is 110 cm³/mol. The topological polar surface area (TPSA) is 91.8 Å². The molecular formula is C19H14Cl2N4O2S. The molecule has 3 aromatic rings. The molecule has 0 aliphatic carbocycles. The summed E-state index contributed by atoms with van der Waals surface area (Å²) in [5, 5.41) is 22.0. The largest absolute Gasteiger partial charge is 0.457 e. The van der Waals surface area contributed by atoms with Crippen molar-refractivity contribution in [1.82, 2.24) is 10.2 Å². The van der Waals surface area contributed by atoms with Gasteiger partial charge in [0.15, 0.2) is 0 Å². The number of rotatable bonds is 6. The van der Waals surface area contributed by atoms with Gasteiger partial charge in [0, 0.05) is 28.1 Å². The average Bonchev–Trinajstić information content (AvgIpc) is 3.28. The fourth-order valence-electron chi connectivity index (χ4n) is 2.36. The first-order chi connectivity index (χ1) is 13.5. The van der Waals surface area contributed by atoms with Crippen molar-refractivity contribution in [2.75, 3.05) is 5.32 Å². The number of carbonyl (C=O) groups excluding carboxylic acids is 1. The number of nitrogens with one attached hydrogen (secondary N) is 1. The molecule has 1 N–H and O–H groups in total. The number of aromatic nitrogens is 2. The zero-order valence-corrected chi connectivity index (χ0v) is 17.0. The first-order valence-electron chi connectivity index (χ1n) is 8.30. The highest BCUT2D eigenvalue weighted by Crippen LogP contribution is 2.29. The summed E-state index contributed by atoms with van der Waals surface area (Å²) in [4.78, 5) is 12.3. The summed E-state index contributed by atoms with van der Waals surface area (Å²) in [6.45, 7) is 2.03. The standard InChI is InChI=1S/C19H14Cl2N4O2S/c1-2-3-17-24-25-19(28-17)23-18(26)12(10-22)8-15-4-5-16(27-15)11-6-13(20)9-14(21)7-11/h4-9H,2-3H2,1H3,(H,23,25,26)/b12-8-. The van der Waals surface area contributed by atoms with Crippen LogP contribution in [0.2, 0.25) is 10.0 Å². The van der Waals surface area contributed by atoms with Crippen LogP contribution in [-0.4, -0.2) is 16.1 Å². The van der Waals surface area contributed by atoms with Gasteiger partial charge in [-0.05, 0) is 36.8 Å². The van der Waals surface area contributed by atoms with Gasteiger partial charge in [-0.15, -0.1) is 10.2 Å². The lowest BCUT2D eigenvalue weighted by Gasteiger charge is -2.00. The third-order valence-electron chi connectivity index (χ3n) is 3.58. The van der Waals surface area contributed by atoms with Crippen LogP contribution >= 0.6 is 34.5 Å². The van der Waals surface area contributed by atoms with Gasteiger partial charge in [0.25, 0.3) is 5.91 Å². The second-order valence-corrected chi connectivity index (χ2v) is 7.67. The Kier molecular flexibility index (Phi) is 6.47. The van der Waals surface area contributed by atoms with Crippen LogP contribution in [0.5, 0.6) is 0 Å². The molecule has 0 aliphatic rings. The molecule has 9 heteroatoms. The van der Waals surface area contributed by atoms with E-state index >= 15 is 0 Å². The van der Waals surface area contributed by atoms with E-state index in [9.17, 15) is 10.1 Å². The number of anilines is 1. The van der Waals surface area contributed by atoms with Gasteiger partial charge < -0.3 is 4.42 Å². The normalized spacial score (nSPS) is 11.3. The van der Waals surface area contributed by atoms with E-state index in [0.29, 0.717) is 32.3 Å². The number of aryl methyl sites for hydroxylation is 1. The smallest absolute Gasteiger partial charge is 0.268 e. The van der Waals surface area contributed by atoms with Crippen molar-refractivity contribution in [3.8, 4) is 17.4 Å². The number of hydrogen-bond donors (Lipinski definition) is 1. The van der Waals surface area contributed by atoms with Gasteiger partial charge >= 0.3 is 0 Å². The van der Waals surface area contributed by atoms with Crippen molar-refractivity contribution in [1.29, 1.82) is 5.26 Å². The Hall–Kier alpha value is -2.66. The Morgan fingerprint density at radius 2 is 2.04 bits per heavy atom. The van der Waals surface area contributed by atoms with Gasteiger partial charge in [0.05, 0.1) is 0 Å². The van der Waals surface area contributed by atoms with E-state index in [4.69, 9.17) is 27.6 Å². The Labute approximate surface area is 175 Å². The van der Waals surface area contributed by atoms with Crippen LogP contribution in [-0.2, 0) is 11.2 Å². The molecule has 2 aromatic heterocycles. The minimum atomic E-state index is -0.578. The molecule has 28 heavy (non-hydrogen) atoms. The molecule has 0 aliphatic heterocycles.